The number of benzene rings is 1. The zero-order valence-electron chi connectivity index (χ0n) is 14.5. The number of hydrogen-bond donors (Lipinski definition) is 1. The summed E-state index contributed by atoms with van der Waals surface area (Å²) in [6, 6.07) is 3.65. The average Bonchev–Trinajstić information content (AvgIpc) is 2.90. The first-order valence-corrected chi connectivity index (χ1v) is 10.4. The summed E-state index contributed by atoms with van der Waals surface area (Å²) < 4.78 is 52.4. The van der Waals surface area contributed by atoms with Gasteiger partial charge >= 0.3 is 0 Å². The monoisotopic (exact) mass is 387 g/mol. The van der Waals surface area contributed by atoms with E-state index in [2.05, 4.69) is 5.32 Å². The number of sulfonamides is 1. The van der Waals surface area contributed by atoms with Crippen molar-refractivity contribution in [3.63, 3.8) is 0 Å². The van der Waals surface area contributed by atoms with Crippen LogP contribution in [-0.2, 0) is 21.4 Å². The minimum atomic E-state index is -3.31. The number of hydrogen-bond acceptors (Lipinski definition) is 4. The lowest BCUT2D eigenvalue weighted by Crippen LogP contribution is -2.50. The third-order valence-corrected chi connectivity index (χ3v) is 6.74. The van der Waals surface area contributed by atoms with Crippen LogP contribution in [0.2, 0.25) is 0 Å². The van der Waals surface area contributed by atoms with Gasteiger partial charge in [0.15, 0.2) is 0 Å². The molecule has 0 aliphatic carbocycles. The van der Waals surface area contributed by atoms with E-state index in [-0.39, 0.29) is 36.4 Å². The zero-order valence-corrected chi connectivity index (χ0v) is 15.3. The van der Waals surface area contributed by atoms with Crippen LogP contribution in [0.5, 0.6) is 0 Å². The molecule has 1 amide bonds. The van der Waals surface area contributed by atoms with Gasteiger partial charge in [0, 0.05) is 31.2 Å². The third-order valence-electron chi connectivity index (χ3n) is 4.84. The van der Waals surface area contributed by atoms with E-state index in [1.54, 1.807) is 0 Å². The number of amides is 1. The first kappa shape index (κ1) is 19.2. The molecule has 9 heteroatoms. The van der Waals surface area contributed by atoms with Crippen molar-refractivity contribution in [2.24, 2.45) is 0 Å². The van der Waals surface area contributed by atoms with Gasteiger partial charge in [-0.2, -0.15) is 4.31 Å². The summed E-state index contributed by atoms with van der Waals surface area (Å²) in [6.45, 7) is 1.53. The van der Waals surface area contributed by atoms with Crippen LogP contribution in [0, 0.1) is 11.6 Å². The Hall–Kier alpha value is -1.58. The number of carbonyl (C=O) groups is 1. The fourth-order valence-corrected chi connectivity index (χ4v) is 5.00. The molecule has 2 fully saturated rings. The molecule has 1 N–H and O–H groups in total. The fraction of sp³-hybridized carbons (Fsp3) is 0.588. The molecule has 26 heavy (non-hydrogen) atoms. The van der Waals surface area contributed by atoms with E-state index >= 15 is 0 Å². The second kappa shape index (κ2) is 7.98. The van der Waals surface area contributed by atoms with Crippen molar-refractivity contribution in [2.75, 3.05) is 31.9 Å². The molecule has 2 aliphatic rings. The summed E-state index contributed by atoms with van der Waals surface area (Å²) in [5.74, 6) is -1.39. The molecule has 0 saturated carbocycles. The number of rotatable bonds is 5. The third kappa shape index (κ3) is 4.57. The minimum Gasteiger partial charge on any atom is -0.351 e. The van der Waals surface area contributed by atoms with Gasteiger partial charge in [0.05, 0.1) is 12.3 Å². The molecule has 0 aromatic heterocycles. The van der Waals surface area contributed by atoms with Crippen LogP contribution in [-0.4, -0.2) is 61.5 Å². The Morgan fingerprint density at radius 3 is 2.58 bits per heavy atom. The van der Waals surface area contributed by atoms with Gasteiger partial charge in [-0.25, -0.2) is 17.2 Å². The Morgan fingerprint density at radius 1 is 1.19 bits per heavy atom. The summed E-state index contributed by atoms with van der Waals surface area (Å²) in [6.07, 6.45) is 2.10. The second-order valence-corrected chi connectivity index (χ2v) is 8.93. The van der Waals surface area contributed by atoms with Crippen LogP contribution < -0.4 is 5.32 Å². The van der Waals surface area contributed by atoms with Crippen molar-refractivity contribution in [2.45, 2.75) is 31.8 Å². The molecule has 1 aromatic carbocycles. The summed E-state index contributed by atoms with van der Waals surface area (Å²) in [5, 5.41) is 2.85. The van der Waals surface area contributed by atoms with Crippen LogP contribution in [0.4, 0.5) is 8.78 Å². The molecule has 1 unspecified atom stereocenters. The fourth-order valence-electron chi connectivity index (χ4n) is 3.53. The maximum absolute atomic E-state index is 13.8. The summed E-state index contributed by atoms with van der Waals surface area (Å²) in [4.78, 5) is 14.1. The van der Waals surface area contributed by atoms with Gasteiger partial charge in [-0.3, -0.25) is 9.69 Å². The Bertz CT molecular complexity index is 752. The summed E-state index contributed by atoms with van der Waals surface area (Å²) in [7, 11) is -3.31. The van der Waals surface area contributed by atoms with E-state index < -0.39 is 21.7 Å². The number of nitrogens with one attached hydrogen (secondary N) is 1. The van der Waals surface area contributed by atoms with Gasteiger partial charge in [0.1, 0.15) is 11.6 Å². The van der Waals surface area contributed by atoms with Crippen LogP contribution in [0.1, 0.15) is 24.8 Å². The normalized spacial score (nSPS) is 23.8. The molecule has 0 radical (unpaired) electrons. The van der Waals surface area contributed by atoms with Crippen molar-refractivity contribution >= 4 is 15.9 Å². The number of halogens is 2. The van der Waals surface area contributed by atoms with Crippen LogP contribution in [0.3, 0.4) is 0 Å². The average molecular weight is 387 g/mol. The van der Waals surface area contributed by atoms with Crippen molar-refractivity contribution in [3.8, 4) is 0 Å². The lowest BCUT2D eigenvalue weighted by molar-refractivity contribution is -0.122. The number of nitrogens with zero attached hydrogens (tertiary/aromatic N) is 2. The summed E-state index contributed by atoms with van der Waals surface area (Å²) in [5.41, 5.74) is 0.0302. The van der Waals surface area contributed by atoms with Crippen LogP contribution >= 0.6 is 0 Å². The molecule has 0 spiro atoms. The Kier molecular flexibility index (Phi) is 5.89. The van der Waals surface area contributed by atoms with Gasteiger partial charge in [-0.15, -0.1) is 0 Å². The smallest absolute Gasteiger partial charge is 0.235 e. The Balaban J connectivity index is 1.54. The number of carbonyl (C=O) groups excluding carboxylic acids is 1. The molecule has 1 aromatic rings. The molecular formula is C17H23F2N3O3S. The van der Waals surface area contributed by atoms with Gasteiger partial charge in [-0.05, 0) is 37.9 Å². The van der Waals surface area contributed by atoms with E-state index in [0.29, 0.717) is 26.1 Å². The topological polar surface area (TPSA) is 69.7 Å². The first-order valence-electron chi connectivity index (χ1n) is 8.77. The molecule has 2 saturated heterocycles. The minimum absolute atomic E-state index is 0.0302. The van der Waals surface area contributed by atoms with Gasteiger partial charge < -0.3 is 5.32 Å². The largest absolute Gasteiger partial charge is 0.351 e. The highest BCUT2D eigenvalue weighted by atomic mass is 32.2. The van der Waals surface area contributed by atoms with Crippen molar-refractivity contribution in [3.05, 3.63) is 35.4 Å². The molecule has 144 valence electrons. The lowest BCUT2D eigenvalue weighted by Gasteiger charge is -2.33. The van der Waals surface area contributed by atoms with E-state index in [1.807, 2.05) is 4.90 Å². The quantitative estimate of drug-likeness (QED) is 0.821. The van der Waals surface area contributed by atoms with Crippen LogP contribution in [0.15, 0.2) is 18.2 Å². The first-order chi connectivity index (χ1) is 12.3. The molecule has 3 rings (SSSR count). The van der Waals surface area contributed by atoms with Crippen molar-refractivity contribution < 1.29 is 22.0 Å². The lowest BCUT2D eigenvalue weighted by atomic mass is 10.0. The number of piperidine rings is 1. The van der Waals surface area contributed by atoms with Crippen molar-refractivity contribution in [1.82, 2.24) is 14.5 Å². The highest BCUT2D eigenvalue weighted by Gasteiger charge is 2.31. The maximum Gasteiger partial charge on any atom is 0.235 e. The highest BCUT2D eigenvalue weighted by Crippen LogP contribution is 2.18. The second-order valence-electron chi connectivity index (χ2n) is 6.85. The van der Waals surface area contributed by atoms with E-state index in [9.17, 15) is 22.0 Å². The highest BCUT2D eigenvalue weighted by molar-refractivity contribution is 7.89. The Labute approximate surface area is 152 Å². The van der Waals surface area contributed by atoms with E-state index in [1.165, 1.54) is 22.5 Å². The van der Waals surface area contributed by atoms with Gasteiger partial charge in [0.2, 0.25) is 15.9 Å². The molecule has 1 atom stereocenters. The zero-order chi connectivity index (χ0) is 18.7. The van der Waals surface area contributed by atoms with Crippen molar-refractivity contribution in [1.29, 1.82) is 0 Å². The van der Waals surface area contributed by atoms with Crippen LogP contribution in [0.25, 0.3) is 0 Å². The molecule has 2 heterocycles. The maximum atomic E-state index is 13.8. The van der Waals surface area contributed by atoms with Gasteiger partial charge in [0.25, 0.3) is 0 Å². The predicted molar refractivity (Wildman–Crippen MR) is 92.8 cm³/mol. The van der Waals surface area contributed by atoms with Gasteiger partial charge in [-0.1, -0.05) is 6.07 Å². The summed E-state index contributed by atoms with van der Waals surface area (Å²) >= 11 is 0. The standard InChI is InChI=1S/C17H23F2N3O3S/c18-15-5-1-6-16(19)14(15)11-21-7-2-4-13(10-21)20-17(23)12-22-8-3-9-26(22,24)25/h1,5-6,13H,2-4,7-12H2,(H,20,23). The Morgan fingerprint density at radius 2 is 1.92 bits per heavy atom. The molecular weight excluding hydrogens is 364 g/mol. The number of likely N-dealkylation sites (tertiary alicyclic amines) is 1. The molecule has 0 bridgehead atoms. The van der Waals surface area contributed by atoms with E-state index in [4.69, 9.17) is 0 Å². The SMILES string of the molecule is O=C(CN1CCCS1(=O)=O)NC1CCCN(Cc2c(F)cccc2F)C1. The predicted octanol–water partition coefficient (Wildman–Crippen LogP) is 1.08. The molecule has 2 aliphatic heterocycles. The molecule has 6 nitrogen and oxygen atoms in total. The van der Waals surface area contributed by atoms with E-state index in [0.717, 1.165) is 12.8 Å².